The number of hydrogen-bond donors (Lipinski definition) is 3. The van der Waals surface area contributed by atoms with Gasteiger partial charge < -0.3 is 20.5 Å². The van der Waals surface area contributed by atoms with Gasteiger partial charge in [0.2, 0.25) is 5.91 Å². The number of amides is 1. The van der Waals surface area contributed by atoms with Crippen LogP contribution in [0.5, 0.6) is 0 Å². The summed E-state index contributed by atoms with van der Waals surface area (Å²) in [5.74, 6) is 0.725. The Labute approximate surface area is 127 Å². The lowest BCUT2D eigenvalue weighted by atomic mass is 9.77. The number of nitrogens with one attached hydrogen (secondary N) is 2. The zero-order valence-electron chi connectivity index (χ0n) is 13.4. The zero-order chi connectivity index (χ0) is 15.3. The number of piperidine rings is 1. The van der Waals surface area contributed by atoms with Gasteiger partial charge in [0.1, 0.15) is 0 Å². The molecule has 5 nitrogen and oxygen atoms in total. The highest BCUT2D eigenvalue weighted by Crippen LogP contribution is 2.33. The average Bonchev–Trinajstić information content (AvgIpc) is 2.49. The van der Waals surface area contributed by atoms with Crippen LogP contribution < -0.4 is 10.6 Å². The van der Waals surface area contributed by atoms with E-state index in [1.165, 1.54) is 0 Å². The Kier molecular flexibility index (Phi) is 5.63. The number of methoxy groups -OCH3 is 1. The zero-order valence-corrected chi connectivity index (χ0v) is 13.4. The molecule has 0 aromatic carbocycles. The molecule has 21 heavy (non-hydrogen) atoms. The third kappa shape index (κ3) is 4.18. The standard InChI is InChI=1S/C16H30N2O3/c1-13-3-5-16(20,6-4-13)11-18-14(19)15(12-21-2)7-9-17-10-8-15/h13,17,20H,3-12H2,1-2H3,(H,18,19). The molecule has 1 amide bonds. The minimum atomic E-state index is -0.719. The molecule has 0 aromatic rings. The Balaban J connectivity index is 1.90. The SMILES string of the molecule is COCC1(C(=O)NCC2(O)CCC(C)CC2)CCNCC1. The molecule has 0 unspecified atom stereocenters. The lowest BCUT2D eigenvalue weighted by molar-refractivity contribution is -0.137. The van der Waals surface area contributed by atoms with Crippen LogP contribution in [0.3, 0.4) is 0 Å². The Bertz CT molecular complexity index is 340. The fraction of sp³-hybridized carbons (Fsp3) is 0.938. The molecule has 0 aromatic heterocycles. The first-order valence-corrected chi connectivity index (χ1v) is 8.20. The second-order valence-electron chi connectivity index (χ2n) is 7.05. The smallest absolute Gasteiger partial charge is 0.228 e. The van der Waals surface area contributed by atoms with Crippen molar-refractivity contribution in [1.29, 1.82) is 0 Å². The van der Waals surface area contributed by atoms with Crippen LogP contribution in [0.15, 0.2) is 0 Å². The van der Waals surface area contributed by atoms with Crippen molar-refractivity contribution in [1.82, 2.24) is 10.6 Å². The summed E-state index contributed by atoms with van der Waals surface area (Å²) in [6, 6.07) is 0. The maximum Gasteiger partial charge on any atom is 0.228 e. The van der Waals surface area contributed by atoms with Crippen LogP contribution in [0.2, 0.25) is 0 Å². The molecule has 2 rings (SSSR count). The number of aliphatic hydroxyl groups is 1. The monoisotopic (exact) mass is 298 g/mol. The number of carbonyl (C=O) groups is 1. The summed E-state index contributed by atoms with van der Waals surface area (Å²) in [6.45, 7) is 4.74. The van der Waals surface area contributed by atoms with E-state index in [0.717, 1.165) is 51.6 Å². The summed E-state index contributed by atoms with van der Waals surface area (Å²) in [7, 11) is 1.65. The number of rotatable bonds is 5. The van der Waals surface area contributed by atoms with Crippen LogP contribution >= 0.6 is 0 Å². The van der Waals surface area contributed by atoms with Gasteiger partial charge in [-0.3, -0.25) is 4.79 Å². The van der Waals surface area contributed by atoms with Gasteiger partial charge in [0.25, 0.3) is 0 Å². The van der Waals surface area contributed by atoms with E-state index in [4.69, 9.17) is 4.74 Å². The largest absolute Gasteiger partial charge is 0.388 e. The van der Waals surface area contributed by atoms with Crippen molar-refractivity contribution < 1.29 is 14.6 Å². The maximum absolute atomic E-state index is 12.6. The summed E-state index contributed by atoms with van der Waals surface area (Å²) < 4.78 is 5.29. The van der Waals surface area contributed by atoms with Crippen molar-refractivity contribution in [2.75, 3.05) is 33.4 Å². The molecule has 0 spiro atoms. The van der Waals surface area contributed by atoms with Crippen LogP contribution in [0, 0.1) is 11.3 Å². The summed E-state index contributed by atoms with van der Waals surface area (Å²) in [6.07, 6.45) is 5.24. The fourth-order valence-corrected chi connectivity index (χ4v) is 3.53. The summed E-state index contributed by atoms with van der Waals surface area (Å²) in [4.78, 5) is 12.6. The van der Waals surface area contributed by atoms with Crippen molar-refractivity contribution in [3.05, 3.63) is 0 Å². The van der Waals surface area contributed by atoms with Gasteiger partial charge in [-0.2, -0.15) is 0 Å². The van der Waals surface area contributed by atoms with Crippen LogP contribution in [0.25, 0.3) is 0 Å². The normalized spacial score (nSPS) is 32.6. The minimum absolute atomic E-state index is 0.0397. The van der Waals surface area contributed by atoms with E-state index in [9.17, 15) is 9.90 Å². The maximum atomic E-state index is 12.6. The van der Waals surface area contributed by atoms with Gasteiger partial charge in [0, 0.05) is 13.7 Å². The Hall–Kier alpha value is -0.650. The van der Waals surface area contributed by atoms with Crippen molar-refractivity contribution in [2.45, 2.75) is 51.0 Å². The van der Waals surface area contributed by atoms with E-state index in [2.05, 4.69) is 17.6 Å². The first-order chi connectivity index (χ1) is 10.00. The van der Waals surface area contributed by atoms with Crippen molar-refractivity contribution in [2.24, 2.45) is 11.3 Å². The lowest BCUT2D eigenvalue weighted by Crippen LogP contribution is -2.53. The third-order valence-electron chi connectivity index (χ3n) is 5.25. The van der Waals surface area contributed by atoms with Crippen molar-refractivity contribution in [3.63, 3.8) is 0 Å². The first kappa shape index (κ1) is 16.7. The predicted octanol–water partition coefficient (Wildman–Crippen LogP) is 1.06. The second-order valence-corrected chi connectivity index (χ2v) is 7.05. The summed E-state index contributed by atoms with van der Waals surface area (Å²) in [5.41, 5.74) is -1.15. The average molecular weight is 298 g/mol. The highest BCUT2D eigenvalue weighted by Gasteiger charge is 2.41. The molecule has 1 saturated carbocycles. The molecular formula is C16H30N2O3. The van der Waals surface area contributed by atoms with E-state index < -0.39 is 11.0 Å². The molecule has 3 N–H and O–H groups in total. The van der Waals surface area contributed by atoms with Gasteiger partial charge in [0.15, 0.2) is 0 Å². The van der Waals surface area contributed by atoms with Gasteiger partial charge in [-0.15, -0.1) is 0 Å². The van der Waals surface area contributed by atoms with Crippen LogP contribution in [-0.2, 0) is 9.53 Å². The third-order valence-corrected chi connectivity index (χ3v) is 5.25. The van der Waals surface area contributed by atoms with Crippen LogP contribution in [0.1, 0.15) is 45.4 Å². The minimum Gasteiger partial charge on any atom is -0.388 e. The van der Waals surface area contributed by atoms with Crippen LogP contribution in [-0.4, -0.2) is 50.0 Å². The molecule has 1 aliphatic heterocycles. The lowest BCUT2D eigenvalue weighted by Gasteiger charge is -2.38. The molecule has 1 heterocycles. The second kappa shape index (κ2) is 7.07. The highest BCUT2D eigenvalue weighted by molar-refractivity contribution is 5.83. The molecular weight excluding hydrogens is 268 g/mol. The van der Waals surface area contributed by atoms with Crippen molar-refractivity contribution in [3.8, 4) is 0 Å². The van der Waals surface area contributed by atoms with Gasteiger partial charge >= 0.3 is 0 Å². The van der Waals surface area contributed by atoms with E-state index in [1.807, 2.05) is 0 Å². The number of hydrogen-bond acceptors (Lipinski definition) is 4. The highest BCUT2D eigenvalue weighted by atomic mass is 16.5. The Morgan fingerprint density at radius 3 is 2.48 bits per heavy atom. The fourth-order valence-electron chi connectivity index (χ4n) is 3.53. The molecule has 2 aliphatic rings. The molecule has 0 radical (unpaired) electrons. The predicted molar refractivity (Wildman–Crippen MR) is 82.0 cm³/mol. The molecule has 122 valence electrons. The van der Waals surface area contributed by atoms with E-state index in [0.29, 0.717) is 19.1 Å². The van der Waals surface area contributed by atoms with Gasteiger partial charge in [0.05, 0.1) is 17.6 Å². The molecule has 5 heteroatoms. The summed E-state index contributed by atoms with van der Waals surface area (Å²) in [5, 5.41) is 16.9. The molecule has 0 bridgehead atoms. The number of carbonyl (C=O) groups excluding carboxylic acids is 1. The van der Waals surface area contributed by atoms with Crippen LogP contribution in [0.4, 0.5) is 0 Å². The first-order valence-electron chi connectivity index (χ1n) is 8.20. The molecule has 1 saturated heterocycles. The molecule has 2 fully saturated rings. The topological polar surface area (TPSA) is 70.6 Å². The van der Waals surface area contributed by atoms with Gasteiger partial charge in [-0.1, -0.05) is 6.92 Å². The van der Waals surface area contributed by atoms with E-state index in [-0.39, 0.29) is 5.91 Å². The molecule has 0 atom stereocenters. The Morgan fingerprint density at radius 2 is 1.90 bits per heavy atom. The van der Waals surface area contributed by atoms with E-state index in [1.54, 1.807) is 7.11 Å². The summed E-state index contributed by atoms with van der Waals surface area (Å²) >= 11 is 0. The number of ether oxygens (including phenoxy) is 1. The Morgan fingerprint density at radius 1 is 1.29 bits per heavy atom. The van der Waals surface area contributed by atoms with E-state index >= 15 is 0 Å². The molecule has 1 aliphatic carbocycles. The van der Waals surface area contributed by atoms with Gasteiger partial charge in [-0.25, -0.2) is 0 Å². The quantitative estimate of drug-likeness (QED) is 0.710. The van der Waals surface area contributed by atoms with Crippen molar-refractivity contribution >= 4 is 5.91 Å². The van der Waals surface area contributed by atoms with Gasteiger partial charge in [-0.05, 0) is 57.5 Å².